The van der Waals surface area contributed by atoms with Crippen LogP contribution in [0.3, 0.4) is 0 Å². The van der Waals surface area contributed by atoms with Gasteiger partial charge in [0.1, 0.15) is 0 Å². The van der Waals surface area contributed by atoms with E-state index in [0.717, 1.165) is 38.5 Å². The predicted octanol–water partition coefficient (Wildman–Crippen LogP) is 8.99. The van der Waals surface area contributed by atoms with Gasteiger partial charge in [-0.15, -0.1) is 0 Å². The summed E-state index contributed by atoms with van der Waals surface area (Å²) in [5.41, 5.74) is 0. The van der Waals surface area contributed by atoms with Crippen LogP contribution in [0.5, 0.6) is 0 Å². The molecule has 0 aliphatic heterocycles. The first-order valence-electron chi connectivity index (χ1n) is 12.3. The minimum absolute atomic E-state index is 0. The van der Waals surface area contributed by atoms with Gasteiger partial charge in [-0.05, 0) is 12.8 Å². The lowest BCUT2D eigenvalue weighted by molar-refractivity contribution is 0.124. The number of phosphoric ester groups is 2. The molecule has 0 unspecified atom stereocenters. The summed E-state index contributed by atoms with van der Waals surface area (Å²) in [7, 11) is -5.65. The van der Waals surface area contributed by atoms with Crippen molar-refractivity contribution in [1.29, 1.82) is 0 Å². The Morgan fingerprint density at radius 3 is 1.12 bits per heavy atom. The normalized spacial score (nSPS) is 12.1. The van der Waals surface area contributed by atoms with Gasteiger partial charge in [0.05, 0.1) is 13.2 Å². The monoisotopic (exact) mass is 503 g/mol. The summed E-state index contributed by atoms with van der Waals surface area (Å²) in [5, 5.41) is 0. The van der Waals surface area contributed by atoms with Crippen LogP contribution in [0.15, 0.2) is 0 Å². The molecule has 0 atom stereocenters. The summed E-state index contributed by atoms with van der Waals surface area (Å²) < 4.78 is 50.7. The number of hydrogen-bond acceptors (Lipinski definition) is 8. The van der Waals surface area contributed by atoms with Crippen molar-refractivity contribution < 1.29 is 31.5 Å². The van der Waals surface area contributed by atoms with Gasteiger partial charge in [-0.1, -0.05) is 104 Å². The van der Waals surface area contributed by atoms with Gasteiger partial charge in [-0.2, -0.15) is 4.31 Å². The molecule has 32 heavy (non-hydrogen) atoms. The van der Waals surface area contributed by atoms with Gasteiger partial charge in [0.2, 0.25) is 0 Å². The molecular formula is C22H51NO7P2. The SMILES string of the molecule is CCCCCCCCCCOP(=O)(OCCCCCCCCCC)OP(=O)(OC)OC.N. The van der Waals surface area contributed by atoms with E-state index in [1.807, 2.05) is 0 Å². The van der Waals surface area contributed by atoms with Crippen LogP contribution in [0.4, 0.5) is 0 Å². The zero-order valence-electron chi connectivity index (χ0n) is 21.2. The topological polar surface area (TPSA) is 115 Å². The largest absolute Gasteiger partial charge is 0.483 e. The van der Waals surface area contributed by atoms with Gasteiger partial charge in [0.15, 0.2) is 0 Å². The second kappa shape index (κ2) is 23.0. The van der Waals surface area contributed by atoms with Gasteiger partial charge in [0.25, 0.3) is 0 Å². The Hall–Kier alpha value is 0.220. The quantitative estimate of drug-likeness (QED) is 0.102. The Balaban J connectivity index is 0. The van der Waals surface area contributed by atoms with Crippen molar-refractivity contribution in [2.75, 3.05) is 27.4 Å². The van der Waals surface area contributed by atoms with Crippen LogP contribution in [0.1, 0.15) is 117 Å². The first-order valence-corrected chi connectivity index (χ1v) is 15.2. The van der Waals surface area contributed by atoms with Crippen molar-refractivity contribution in [1.82, 2.24) is 6.15 Å². The van der Waals surface area contributed by atoms with Crippen molar-refractivity contribution >= 4 is 15.6 Å². The fourth-order valence-corrected chi connectivity index (χ4v) is 5.99. The molecule has 0 aliphatic rings. The molecule has 0 amide bonds. The fourth-order valence-electron chi connectivity index (χ4n) is 3.17. The highest BCUT2D eigenvalue weighted by molar-refractivity contribution is 7.62. The van der Waals surface area contributed by atoms with Crippen molar-refractivity contribution in [3.63, 3.8) is 0 Å². The smallest absolute Gasteiger partial charge is 0.344 e. The molecule has 3 N–H and O–H groups in total. The van der Waals surface area contributed by atoms with Gasteiger partial charge in [0, 0.05) is 14.2 Å². The molecule has 0 aliphatic carbocycles. The average molecular weight is 504 g/mol. The molecule has 0 aromatic heterocycles. The van der Waals surface area contributed by atoms with Crippen LogP contribution in [0.2, 0.25) is 0 Å². The molecule has 8 nitrogen and oxygen atoms in total. The van der Waals surface area contributed by atoms with Crippen LogP contribution >= 0.6 is 15.6 Å². The lowest BCUT2D eigenvalue weighted by Crippen LogP contribution is -2.04. The maximum absolute atomic E-state index is 13.0. The lowest BCUT2D eigenvalue weighted by Gasteiger charge is -2.21. The summed E-state index contributed by atoms with van der Waals surface area (Å²) in [6.07, 6.45) is 18.2. The molecule has 0 rings (SSSR count). The Kier molecular flexibility index (Phi) is 24.7. The lowest BCUT2D eigenvalue weighted by atomic mass is 10.1. The standard InChI is InChI=1S/C22H48O7P2.H3N/c1-5-7-9-11-13-15-17-19-21-27-31(24,29-30(23,25-3)26-4)28-22-20-18-16-14-12-10-8-6-2;/h5-22H2,1-4H3;1H3. The molecular weight excluding hydrogens is 452 g/mol. The molecule has 10 heteroatoms. The van der Waals surface area contributed by atoms with Crippen LogP contribution in [-0.4, -0.2) is 27.4 Å². The third kappa shape index (κ3) is 19.7. The van der Waals surface area contributed by atoms with E-state index in [9.17, 15) is 9.13 Å². The highest BCUT2D eigenvalue weighted by atomic mass is 31.3. The molecule has 0 spiro atoms. The van der Waals surface area contributed by atoms with E-state index in [1.165, 1.54) is 78.4 Å². The summed E-state index contributed by atoms with van der Waals surface area (Å²) in [6.45, 7) is 4.86. The van der Waals surface area contributed by atoms with Crippen molar-refractivity contribution in [3.8, 4) is 0 Å². The zero-order chi connectivity index (χ0) is 23.3. The minimum atomic E-state index is -4.03. The number of rotatable bonds is 24. The molecule has 196 valence electrons. The molecule has 0 bridgehead atoms. The number of hydrogen-bond donors (Lipinski definition) is 1. The van der Waals surface area contributed by atoms with Gasteiger partial charge in [-0.25, -0.2) is 9.13 Å². The van der Waals surface area contributed by atoms with Crippen LogP contribution in [0.25, 0.3) is 0 Å². The third-order valence-electron chi connectivity index (χ3n) is 5.14. The second-order valence-corrected chi connectivity index (χ2v) is 11.6. The van der Waals surface area contributed by atoms with Gasteiger partial charge in [-0.3, -0.25) is 18.1 Å². The number of unbranched alkanes of at least 4 members (excludes halogenated alkanes) is 14. The summed E-state index contributed by atoms with van der Waals surface area (Å²) in [4.78, 5) is 0. The Morgan fingerprint density at radius 2 is 0.812 bits per heavy atom. The molecule has 0 aromatic carbocycles. The van der Waals surface area contributed by atoms with Crippen LogP contribution in [-0.2, 0) is 31.5 Å². The van der Waals surface area contributed by atoms with E-state index in [2.05, 4.69) is 13.8 Å². The number of phosphoric acid groups is 2. The fraction of sp³-hybridized carbons (Fsp3) is 1.00. The minimum Gasteiger partial charge on any atom is -0.344 e. The Labute approximate surface area is 197 Å². The van der Waals surface area contributed by atoms with E-state index in [0.29, 0.717) is 0 Å². The van der Waals surface area contributed by atoms with E-state index in [-0.39, 0.29) is 19.4 Å². The van der Waals surface area contributed by atoms with Crippen molar-refractivity contribution in [2.45, 2.75) is 117 Å². The van der Waals surface area contributed by atoms with E-state index in [4.69, 9.17) is 22.4 Å². The third-order valence-corrected chi connectivity index (χ3v) is 8.63. The molecule has 0 aromatic rings. The first kappa shape index (κ1) is 34.4. The zero-order valence-corrected chi connectivity index (χ0v) is 23.0. The van der Waals surface area contributed by atoms with Gasteiger partial charge >= 0.3 is 15.6 Å². The molecule has 0 saturated carbocycles. The maximum Gasteiger partial charge on any atom is 0.483 e. The molecule has 0 radical (unpaired) electrons. The molecule has 0 saturated heterocycles. The maximum atomic E-state index is 13.0. The van der Waals surface area contributed by atoms with Crippen LogP contribution < -0.4 is 6.15 Å². The van der Waals surface area contributed by atoms with Crippen LogP contribution in [0, 0.1) is 0 Å². The van der Waals surface area contributed by atoms with Crippen molar-refractivity contribution in [2.24, 2.45) is 0 Å². The summed E-state index contributed by atoms with van der Waals surface area (Å²) in [6, 6.07) is 0. The molecule has 0 fully saturated rings. The highest BCUT2D eigenvalue weighted by Gasteiger charge is 2.39. The summed E-state index contributed by atoms with van der Waals surface area (Å²) >= 11 is 0. The van der Waals surface area contributed by atoms with E-state index >= 15 is 0 Å². The highest BCUT2D eigenvalue weighted by Crippen LogP contribution is 2.65. The predicted molar refractivity (Wildman–Crippen MR) is 132 cm³/mol. The van der Waals surface area contributed by atoms with E-state index < -0.39 is 15.6 Å². The first-order chi connectivity index (χ1) is 14.9. The van der Waals surface area contributed by atoms with Crippen molar-refractivity contribution in [3.05, 3.63) is 0 Å². The van der Waals surface area contributed by atoms with Gasteiger partial charge < -0.3 is 6.15 Å². The Bertz CT molecular complexity index is 461. The summed E-state index contributed by atoms with van der Waals surface area (Å²) in [5.74, 6) is 0. The average Bonchev–Trinajstić information content (AvgIpc) is 2.77. The second-order valence-electron chi connectivity index (χ2n) is 7.96. The Morgan fingerprint density at radius 1 is 0.500 bits per heavy atom. The van der Waals surface area contributed by atoms with E-state index in [1.54, 1.807) is 0 Å². The molecule has 0 heterocycles.